The Kier molecular flexibility index (Phi) is 1.36. The number of para-hydroxylation sites is 1. The van der Waals surface area contributed by atoms with Crippen molar-refractivity contribution in [1.82, 2.24) is 0 Å². The lowest BCUT2D eigenvalue weighted by Crippen LogP contribution is -2.33. The Morgan fingerprint density at radius 1 is 1.29 bits per heavy atom. The highest BCUT2D eigenvalue weighted by Crippen LogP contribution is 2.20. The molecule has 0 aromatic heterocycles. The highest BCUT2D eigenvalue weighted by molar-refractivity contribution is 6.06. The van der Waals surface area contributed by atoms with Gasteiger partial charge in [0.2, 0.25) is 0 Å². The fraction of sp³-hybridized carbons (Fsp3) is 0.0909. The molecule has 0 aliphatic carbocycles. The third kappa shape index (κ3) is 0.865. The van der Waals surface area contributed by atoms with Gasteiger partial charge in [0.25, 0.3) is 5.91 Å². The van der Waals surface area contributed by atoms with Gasteiger partial charge in [0, 0.05) is 5.22 Å². The molecule has 0 atom stereocenters. The molecule has 0 bridgehead atoms. The van der Waals surface area contributed by atoms with Crippen LogP contribution < -0.4 is 10.6 Å². The number of rotatable bonds is 0. The Hall–Kier alpha value is -1.90. The summed E-state index contributed by atoms with van der Waals surface area (Å²) in [4.78, 5) is 15.5. The zero-order valence-electron chi connectivity index (χ0n) is 7.36. The molecule has 3 nitrogen and oxygen atoms in total. The van der Waals surface area contributed by atoms with Crippen LogP contribution >= 0.6 is 0 Å². The van der Waals surface area contributed by atoms with Crippen LogP contribution in [0.2, 0.25) is 0 Å². The number of carbonyl (C=O) groups excluding carboxylic acids is 1. The third-order valence-electron chi connectivity index (χ3n) is 2.36. The summed E-state index contributed by atoms with van der Waals surface area (Å²) >= 11 is 0. The van der Waals surface area contributed by atoms with Gasteiger partial charge in [-0.15, -0.1) is 0 Å². The van der Waals surface area contributed by atoms with Crippen molar-refractivity contribution >= 4 is 11.7 Å². The number of hydrogen-bond donors (Lipinski definition) is 0. The monoisotopic (exact) mass is 185 g/mol. The molecule has 0 fully saturated rings. The van der Waals surface area contributed by atoms with Crippen molar-refractivity contribution in [2.45, 2.75) is 0 Å². The number of fused-ring (bicyclic) bond motifs is 2. The first-order valence-electron chi connectivity index (χ1n) is 4.42. The van der Waals surface area contributed by atoms with Gasteiger partial charge in [-0.1, -0.05) is 12.1 Å². The predicted octanol–water partition coefficient (Wildman–Crippen LogP) is -0.0888. The Balaban J connectivity index is 2.51. The van der Waals surface area contributed by atoms with Crippen LogP contribution in [0.5, 0.6) is 0 Å². The van der Waals surface area contributed by atoms with Crippen LogP contribution in [-0.2, 0) is 9.53 Å². The summed E-state index contributed by atoms with van der Waals surface area (Å²) in [6.07, 6.45) is 1.77. The van der Waals surface area contributed by atoms with E-state index in [1.165, 1.54) is 0 Å². The van der Waals surface area contributed by atoms with E-state index in [1.54, 1.807) is 6.08 Å². The second kappa shape index (κ2) is 2.54. The first kappa shape index (κ1) is 7.50. The summed E-state index contributed by atoms with van der Waals surface area (Å²) in [6, 6.07) is 7.51. The van der Waals surface area contributed by atoms with E-state index in [-0.39, 0.29) is 5.91 Å². The fourth-order valence-corrected chi connectivity index (χ4v) is 1.72. The summed E-state index contributed by atoms with van der Waals surface area (Å²) in [5, 5.41) is 1.61. The minimum atomic E-state index is -0.198. The second-order valence-electron chi connectivity index (χ2n) is 3.19. The average Bonchev–Trinajstić information content (AvgIpc) is 2.67. The smallest absolute Gasteiger partial charge is 0.281 e. The number of hydrogen-bond acceptors (Lipinski definition) is 2. The summed E-state index contributed by atoms with van der Waals surface area (Å²) < 4.78 is 5.40. The van der Waals surface area contributed by atoms with Crippen LogP contribution in [0.1, 0.15) is 0 Å². The summed E-state index contributed by atoms with van der Waals surface area (Å²) in [5.74, 6) is 0.483. The van der Waals surface area contributed by atoms with Crippen molar-refractivity contribution in [3.05, 3.63) is 46.5 Å². The Morgan fingerprint density at radius 3 is 3.07 bits per heavy atom. The van der Waals surface area contributed by atoms with Gasteiger partial charge in [0.05, 0.1) is 10.9 Å². The molecule has 2 heterocycles. The molecule has 14 heavy (non-hydrogen) atoms. The number of nitrogens with zero attached hydrogens (tertiary/aromatic N) is 1. The van der Waals surface area contributed by atoms with Crippen LogP contribution in [0.15, 0.2) is 40.9 Å². The lowest BCUT2D eigenvalue weighted by Gasteiger charge is -2.06. The molecule has 0 unspecified atom stereocenters. The molecule has 68 valence electrons. The van der Waals surface area contributed by atoms with Gasteiger partial charge in [-0.25, -0.2) is 4.99 Å². The normalized spacial score (nSPS) is 17.9. The number of ether oxygens (including phenoxy) is 1. The SMILES string of the molecule is O=C1N=c2ccccc2=C2OCC=C12. The van der Waals surface area contributed by atoms with Crippen molar-refractivity contribution in [1.29, 1.82) is 0 Å². The molecule has 0 saturated carbocycles. The molecule has 0 radical (unpaired) electrons. The minimum absolute atomic E-state index is 0.198. The number of benzene rings is 1. The van der Waals surface area contributed by atoms with Gasteiger partial charge in [-0.05, 0) is 18.2 Å². The molecular weight excluding hydrogens is 178 g/mol. The van der Waals surface area contributed by atoms with Gasteiger partial charge < -0.3 is 4.74 Å². The average molecular weight is 185 g/mol. The lowest BCUT2D eigenvalue weighted by atomic mass is 10.1. The molecule has 0 N–H and O–H groups in total. The highest BCUT2D eigenvalue weighted by atomic mass is 16.5. The molecular formula is C11H7NO2. The zero-order chi connectivity index (χ0) is 9.54. The van der Waals surface area contributed by atoms with Crippen molar-refractivity contribution in [3.63, 3.8) is 0 Å². The molecule has 2 aliphatic rings. The molecule has 1 aromatic rings. The molecule has 1 amide bonds. The van der Waals surface area contributed by atoms with Gasteiger partial charge in [-0.2, -0.15) is 0 Å². The fourth-order valence-electron chi connectivity index (χ4n) is 1.72. The van der Waals surface area contributed by atoms with Gasteiger partial charge >= 0.3 is 0 Å². The summed E-state index contributed by atoms with van der Waals surface area (Å²) in [7, 11) is 0. The molecule has 3 heteroatoms. The first-order valence-corrected chi connectivity index (χ1v) is 4.42. The summed E-state index contributed by atoms with van der Waals surface area (Å²) in [5.41, 5.74) is 0.601. The van der Waals surface area contributed by atoms with Crippen LogP contribution in [0.3, 0.4) is 0 Å². The first-order chi connectivity index (χ1) is 6.86. The quantitative estimate of drug-likeness (QED) is 0.566. The van der Waals surface area contributed by atoms with Crippen molar-refractivity contribution in [2.24, 2.45) is 4.99 Å². The molecule has 0 spiro atoms. The van der Waals surface area contributed by atoms with E-state index in [0.717, 1.165) is 5.22 Å². The topological polar surface area (TPSA) is 38.7 Å². The Bertz CT molecular complexity index is 569. The maximum absolute atomic E-state index is 11.5. The molecule has 1 aromatic carbocycles. The zero-order valence-corrected chi connectivity index (χ0v) is 7.36. The van der Waals surface area contributed by atoms with Gasteiger partial charge in [-0.3, -0.25) is 4.79 Å². The van der Waals surface area contributed by atoms with Crippen molar-refractivity contribution < 1.29 is 9.53 Å². The van der Waals surface area contributed by atoms with Crippen LogP contribution in [0.25, 0.3) is 5.76 Å². The van der Waals surface area contributed by atoms with Gasteiger partial charge in [0.1, 0.15) is 12.4 Å². The minimum Gasteiger partial charge on any atom is -0.488 e. The number of carbonyl (C=O) groups is 1. The molecule has 0 saturated heterocycles. The molecule has 3 rings (SSSR count). The second-order valence-corrected chi connectivity index (χ2v) is 3.19. The van der Waals surface area contributed by atoms with E-state index in [2.05, 4.69) is 4.99 Å². The van der Waals surface area contributed by atoms with E-state index in [9.17, 15) is 4.79 Å². The number of amides is 1. The maximum atomic E-state index is 11.5. The van der Waals surface area contributed by atoms with Crippen molar-refractivity contribution in [2.75, 3.05) is 6.61 Å². The third-order valence-corrected chi connectivity index (χ3v) is 2.36. The van der Waals surface area contributed by atoms with E-state index >= 15 is 0 Å². The molecule has 2 aliphatic heterocycles. The predicted molar refractivity (Wildman–Crippen MR) is 49.7 cm³/mol. The Morgan fingerprint density at radius 2 is 2.14 bits per heavy atom. The largest absolute Gasteiger partial charge is 0.488 e. The van der Waals surface area contributed by atoms with Crippen LogP contribution in [0, 0.1) is 0 Å². The summed E-state index contributed by atoms with van der Waals surface area (Å²) in [6.45, 7) is 0.472. The van der Waals surface area contributed by atoms with E-state index in [0.29, 0.717) is 23.3 Å². The van der Waals surface area contributed by atoms with Gasteiger partial charge in [0.15, 0.2) is 0 Å². The lowest BCUT2D eigenvalue weighted by molar-refractivity contribution is -0.114. The van der Waals surface area contributed by atoms with E-state index < -0.39 is 0 Å². The maximum Gasteiger partial charge on any atom is 0.281 e. The standard InChI is InChI=1S/C11H7NO2/c13-11-8-5-6-14-10(8)7-3-1-2-4-9(7)12-11/h1-5H,6H2. The highest BCUT2D eigenvalue weighted by Gasteiger charge is 2.23. The van der Waals surface area contributed by atoms with Crippen LogP contribution in [0.4, 0.5) is 0 Å². The van der Waals surface area contributed by atoms with E-state index in [1.807, 2.05) is 24.3 Å². The van der Waals surface area contributed by atoms with E-state index in [4.69, 9.17) is 4.74 Å². The van der Waals surface area contributed by atoms with Crippen LogP contribution in [-0.4, -0.2) is 12.5 Å². The Labute approximate surface area is 80.0 Å². The van der Waals surface area contributed by atoms with Crippen molar-refractivity contribution in [3.8, 4) is 0 Å².